The fraction of sp³-hybridized carbons (Fsp3) is 0.929. The molecule has 1 aliphatic heterocycles. The summed E-state index contributed by atoms with van der Waals surface area (Å²) in [5, 5.41) is 9.95. The number of ether oxygens (including phenoxy) is 1. The summed E-state index contributed by atoms with van der Waals surface area (Å²) >= 11 is 0. The van der Waals surface area contributed by atoms with Crippen LogP contribution in [0.25, 0.3) is 0 Å². The second kappa shape index (κ2) is 7.10. The Balaban J connectivity index is 2.21. The van der Waals surface area contributed by atoms with E-state index in [1.807, 2.05) is 20.8 Å². The van der Waals surface area contributed by atoms with E-state index >= 15 is 0 Å². The Morgan fingerprint density at radius 3 is 2.47 bits per heavy atom. The zero-order chi connectivity index (χ0) is 14.5. The maximum Gasteiger partial charge on any atom is 0.410 e. The highest BCUT2D eigenvalue weighted by atomic mass is 16.6. The van der Waals surface area contributed by atoms with Crippen molar-refractivity contribution >= 4 is 6.09 Å². The first-order chi connectivity index (χ1) is 8.78. The highest BCUT2D eigenvalue weighted by Crippen LogP contribution is 2.11. The average molecular weight is 272 g/mol. The molecule has 5 nitrogen and oxygen atoms in total. The van der Waals surface area contributed by atoms with Crippen LogP contribution >= 0.6 is 0 Å². The van der Waals surface area contributed by atoms with Gasteiger partial charge in [0, 0.05) is 20.1 Å². The van der Waals surface area contributed by atoms with E-state index in [-0.39, 0.29) is 12.2 Å². The summed E-state index contributed by atoms with van der Waals surface area (Å²) in [5.41, 5.74) is -0.473. The minimum atomic E-state index is -0.473. The molecule has 5 heteroatoms. The number of hydrogen-bond donors (Lipinski definition) is 1. The predicted molar refractivity (Wildman–Crippen MR) is 75.2 cm³/mol. The molecule has 0 aromatic carbocycles. The van der Waals surface area contributed by atoms with E-state index in [4.69, 9.17) is 4.74 Å². The van der Waals surface area contributed by atoms with Crippen molar-refractivity contribution in [3.05, 3.63) is 0 Å². The number of amides is 1. The quantitative estimate of drug-likeness (QED) is 0.827. The lowest BCUT2D eigenvalue weighted by Crippen LogP contribution is -2.37. The van der Waals surface area contributed by atoms with Crippen LogP contribution in [0.15, 0.2) is 0 Å². The van der Waals surface area contributed by atoms with Crippen molar-refractivity contribution in [1.82, 2.24) is 9.80 Å². The van der Waals surface area contributed by atoms with Crippen molar-refractivity contribution < 1.29 is 14.6 Å². The summed E-state index contributed by atoms with van der Waals surface area (Å²) < 4.78 is 5.26. The van der Waals surface area contributed by atoms with Crippen LogP contribution in [0, 0.1) is 0 Å². The molecule has 1 saturated heterocycles. The van der Waals surface area contributed by atoms with Gasteiger partial charge in [-0.3, -0.25) is 0 Å². The Hall–Kier alpha value is -0.810. The van der Waals surface area contributed by atoms with E-state index < -0.39 is 5.60 Å². The number of aliphatic hydroxyl groups is 1. The molecule has 1 atom stereocenters. The normalized spacial score (nSPS) is 18.4. The number of aliphatic hydroxyl groups excluding tert-OH is 1. The van der Waals surface area contributed by atoms with Gasteiger partial charge < -0.3 is 19.6 Å². The first-order valence-electron chi connectivity index (χ1n) is 7.12. The number of hydrogen-bond acceptors (Lipinski definition) is 4. The van der Waals surface area contributed by atoms with Crippen molar-refractivity contribution in [1.29, 1.82) is 0 Å². The highest BCUT2D eigenvalue weighted by molar-refractivity contribution is 5.67. The maximum atomic E-state index is 11.7. The third-order valence-corrected chi connectivity index (χ3v) is 3.17. The molecule has 1 N–H and O–H groups in total. The first-order valence-corrected chi connectivity index (χ1v) is 7.12. The molecule has 1 aliphatic rings. The molecule has 0 aromatic heterocycles. The van der Waals surface area contributed by atoms with E-state index in [1.54, 1.807) is 7.05 Å². The lowest BCUT2D eigenvalue weighted by molar-refractivity contribution is 0.0264. The van der Waals surface area contributed by atoms with Gasteiger partial charge >= 0.3 is 6.09 Å². The third-order valence-electron chi connectivity index (χ3n) is 3.17. The van der Waals surface area contributed by atoms with Crippen LogP contribution in [0.3, 0.4) is 0 Å². The van der Waals surface area contributed by atoms with Crippen molar-refractivity contribution in [2.24, 2.45) is 0 Å². The van der Waals surface area contributed by atoms with Crippen LogP contribution in [0.4, 0.5) is 4.79 Å². The number of carbonyl (C=O) groups excluding carboxylic acids is 1. The van der Waals surface area contributed by atoms with Crippen molar-refractivity contribution in [3.63, 3.8) is 0 Å². The largest absolute Gasteiger partial charge is 0.444 e. The Morgan fingerprint density at radius 2 is 1.95 bits per heavy atom. The van der Waals surface area contributed by atoms with Gasteiger partial charge in [-0.05, 0) is 53.1 Å². The van der Waals surface area contributed by atoms with Gasteiger partial charge in [-0.1, -0.05) is 0 Å². The molecular formula is C14H28N2O3. The number of likely N-dealkylation sites (tertiary alicyclic amines) is 1. The predicted octanol–water partition coefficient (Wildman–Crippen LogP) is 1.70. The summed E-state index contributed by atoms with van der Waals surface area (Å²) in [6.07, 6.45) is 2.34. The zero-order valence-corrected chi connectivity index (χ0v) is 12.7. The molecule has 1 fully saturated rings. The van der Waals surface area contributed by atoms with Gasteiger partial charge in [0.2, 0.25) is 0 Å². The van der Waals surface area contributed by atoms with Gasteiger partial charge in [-0.25, -0.2) is 4.79 Å². The molecule has 1 unspecified atom stereocenters. The first kappa shape index (κ1) is 16.2. The molecule has 0 radical (unpaired) electrons. The molecule has 1 rings (SSSR count). The van der Waals surface area contributed by atoms with Crippen molar-refractivity contribution in [2.75, 3.05) is 33.2 Å². The van der Waals surface area contributed by atoms with Crippen molar-refractivity contribution in [3.8, 4) is 0 Å². The SMILES string of the molecule is CN(CCC(O)CN1CCCC1)C(=O)OC(C)(C)C. The zero-order valence-electron chi connectivity index (χ0n) is 12.7. The Labute approximate surface area is 116 Å². The minimum Gasteiger partial charge on any atom is -0.444 e. The Kier molecular flexibility index (Phi) is 6.07. The topological polar surface area (TPSA) is 53.0 Å². The smallest absolute Gasteiger partial charge is 0.410 e. The van der Waals surface area contributed by atoms with E-state index in [0.717, 1.165) is 13.1 Å². The average Bonchev–Trinajstić information content (AvgIpc) is 2.76. The molecule has 0 bridgehead atoms. The third kappa shape index (κ3) is 6.78. The van der Waals surface area contributed by atoms with E-state index in [0.29, 0.717) is 19.5 Å². The minimum absolute atomic E-state index is 0.333. The number of carbonyl (C=O) groups is 1. The van der Waals surface area contributed by atoms with E-state index in [2.05, 4.69) is 4.90 Å². The summed E-state index contributed by atoms with van der Waals surface area (Å²) in [6.45, 7) is 8.94. The Bertz CT molecular complexity index is 283. The van der Waals surface area contributed by atoms with Crippen LogP contribution in [-0.2, 0) is 4.74 Å². The number of nitrogens with zero attached hydrogens (tertiary/aromatic N) is 2. The molecule has 19 heavy (non-hydrogen) atoms. The number of rotatable bonds is 5. The summed E-state index contributed by atoms with van der Waals surface area (Å²) in [6, 6.07) is 0. The fourth-order valence-corrected chi connectivity index (χ4v) is 2.13. The molecule has 0 aromatic rings. The van der Waals surface area contributed by atoms with Crippen LogP contribution in [0.5, 0.6) is 0 Å². The fourth-order valence-electron chi connectivity index (χ4n) is 2.13. The van der Waals surface area contributed by atoms with Crippen molar-refractivity contribution in [2.45, 2.75) is 51.7 Å². The second-order valence-corrected chi connectivity index (χ2v) is 6.35. The monoisotopic (exact) mass is 272 g/mol. The van der Waals surface area contributed by atoms with E-state index in [9.17, 15) is 9.90 Å². The summed E-state index contributed by atoms with van der Waals surface area (Å²) in [5.74, 6) is 0. The highest BCUT2D eigenvalue weighted by Gasteiger charge is 2.21. The van der Waals surface area contributed by atoms with Crippen LogP contribution in [0.1, 0.15) is 40.0 Å². The van der Waals surface area contributed by atoms with Crippen LogP contribution in [-0.4, -0.2) is 65.9 Å². The standard InChI is InChI=1S/C14H28N2O3/c1-14(2,3)19-13(18)15(4)10-7-12(17)11-16-8-5-6-9-16/h12,17H,5-11H2,1-4H3. The Morgan fingerprint density at radius 1 is 1.37 bits per heavy atom. The lowest BCUT2D eigenvalue weighted by atomic mass is 10.2. The van der Waals surface area contributed by atoms with Crippen LogP contribution in [0.2, 0.25) is 0 Å². The molecular weight excluding hydrogens is 244 g/mol. The molecule has 0 saturated carbocycles. The second-order valence-electron chi connectivity index (χ2n) is 6.35. The van der Waals surface area contributed by atoms with Gasteiger partial charge in [0.1, 0.15) is 5.60 Å². The summed E-state index contributed by atoms with van der Waals surface area (Å²) in [4.78, 5) is 15.5. The van der Waals surface area contributed by atoms with Gasteiger partial charge in [0.05, 0.1) is 6.10 Å². The van der Waals surface area contributed by atoms with Gasteiger partial charge in [0.25, 0.3) is 0 Å². The summed E-state index contributed by atoms with van der Waals surface area (Å²) in [7, 11) is 1.71. The molecule has 112 valence electrons. The van der Waals surface area contributed by atoms with Gasteiger partial charge in [-0.2, -0.15) is 0 Å². The molecule has 0 spiro atoms. The van der Waals surface area contributed by atoms with E-state index in [1.165, 1.54) is 17.7 Å². The molecule has 1 amide bonds. The van der Waals surface area contributed by atoms with Crippen LogP contribution < -0.4 is 0 Å². The lowest BCUT2D eigenvalue weighted by Gasteiger charge is -2.26. The molecule has 1 heterocycles. The molecule has 0 aliphatic carbocycles. The van der Waals surface area contributed by atoms with Gasteiger partial charge in [-0.15, -0.1) is 0 Å². The van der Waals surface area contributed by atoms with Gasteiger partial charge in [0.15, 0.2) is 0 Å². The maximum absolute atomic E-state index is 11.7. The number of β-amino-alcohol motifs (C(OH)–C–C–N with tert-alkyl or cyclic N) is 1.